The summed E-state index contributed by atoms with van der Waals surface area (Å²) in [6.07, 6.45) is -4.38. The van der Waals surface area contributed by atoms with Gasteiger partial charge in [-0.3, -0.25) is 0 Å². The van der Waals surface area contributed by atoms with Crippen molar-refractivity contribution in [2.24, 2.45) is 11.3 Å². The van der Waals surface area contributed by atoms with Crippen molar-refractivity contribution >= 4 is 28.6 Å². The molecular weight excluding hydrogens is 268 g/mol. The van der Waals surface area contributed by atoms with Gasteiger partial charge in [0, 0.05) is 22.9 Å². The fourth-order valence-electron chi connectivity index (χ4n) is 1.51. The molecule has 16 heavy (non-hydrogen) atoms. The van der Waals surface area contributed by atoms with Gasteiger partial charge in [-0.25, -0.2) is 4.79 Å². The second-order valence-corrected chi connectivity index (χ2v) is 4.85. The van der Waals surface area contributed by atoms with Crippen LogP contribution in [0, 0.1) is 11.3 Å². The van der Waals surface area contributed by atoms with Gasteiger partial charge < -0.3 is 4.74 Å². The first-order chi connectivity index (χ1) is 7.06. The van der Waals surface area contributed by atoms with Gasteiger partial charge >= 0.3 is 11.6 Å². The predicted molar refractivity (Wildman–Crippen MR) is 53.4 cm³/mol. The summed E-state index contributed by atoms with van der Waals surface area (Å²) in [6.45, 7) is 3.33. The highest BCUT2D eigenvalue weighted by Crippen LogP contribution is 2.56. The average molecular weight is 277 g/mol. The van der Waals surface area contributed by atoms with Crippen LogP contribution in [0.5, 0.6) is 0 Å². The highest BCUT2D eigenvalue weighted by atomic mass is 35.5. The molecule has 0 saturated heterocycles. The predicted octanol–water partition coefficient (Wildman–Crippen LogP) is 4.07. The topological polar surface area (TPSA) is 26.3 Å². The highest BCUT2D eigenvalue weighted by Gasteiger charge is 2.60. The zero-order valence-corrected chi connectivity index (χ0v) is 9.95. The minimum absolute atomic E-state index is 0.565. The molecule has 0 heterocycles. The van der Waals surface area contributed by atoms with Crippen LogP contribution in [-0.4, -0.2) is 17.7 Å². The molecule has 0 aliphatic heterocycles. The standard InChI is InChI=1S/C9H9Cl2F3O2/c1-8(2)4(6(8)16-7(11)15)3-5(10)9(12,13)14/h3-4,6H,1-2H3. The Kier molecular flexibility index (Phi) is 3.50. The number of allylic oxidation sites excluding steroid dienone is 1. The lowest BCUT2D eigenvalue weighted by atomic mass is 10.1. The van der Waals surface area contributed by atoms with Crippen molar-refractivity contribution in [1.82, 2.24) is 0 Å². The van der Waals surface area contributed by atoms with E-state index < -0.39 is 34.1 Å². The van der Waals surface area contributed by atoms with E-state index in [1.807, 2.05) is 0 Å². The zero-order chi connectivity index (χ0) is 12.7. The molecule has 1 saturated carbocycles. The van der Waals surface area contributed by atoms with Crippen LogP contribution in [0.1, 0.15) is 13.8 Å². The second kappa shape index (κ2) is 4.11. The molecule has 2 unspecified atom stereocenters. The third kappa shape index (κ3) is 2.83. The summed E-state index contributed by atoms with van der Waals surface area (Å²) in [7, 11) is 0. The average Bonchev–Trinajstić information content (AvgIpc) is 2.53. The minimum atomic E-state index is -4.57. The summed E-state index contributed by atoms with van der Waals surface area (Å²) in [5, 5.41) is -1.21. The Hall–Kier alpha value is -0.420. The smallest absolute Gasteiger partial charge is 0.426 e. The molecule has 0 bridgehead atoms. The van der Waals surface area contributed by atoms with Crippen LogP contribution in [0.15, 0.2) is 11.1 Å². The van der Waals surface area contributed by atoms with Crippen LogP contribution in [0.3, 0.4) is 0 Å². The Bertz CT molecular complexity index is 336. The van der Waals surface area contributed by atoms with E-state index in [1.54, 1.807) is 13.8 Å². The maximum atomic E-state index is 12.1. The molecule has 0 aromatic rings. The van der Waals surface area contributed by atoms with Crippen LogP contribution in [0.4, 0.5) is 18.0 Å². The summed E-state index contributed by atoms with van der Waals surface area (Å²) in [4.78, 5) is 10.5. The van der Waals surface area contributed by atoms with E-state index in [0.717, 1.165) is 6.08 Å². The number of hydrogen-bond donors (Lipinski definition) is 0. The van der Waals surface area contributed by atoms with Crippen LogP contribution >= 0.6 is 23.2 Å². The van der Waals surface area contributed by atoms with Crippen LogP contribution in [0.25, 0.3) is 0 Å². The number of ether oxygens (including phenoxy) is 1. The molecule has 1 aliphatic rings. The number of hydrogen-bond acceptors (Lipinski definition) is 2. The number of carbonyl (C=O) groups is 1. The molecule has 1 aliphatic carbocycles. The second-order valence-electron chi connectivity index (χ2n) is 4.14. The van der Waals surface area contributed by atoms with E-state index in [4.69, 9.17) is 23.2 Å². The largest absolute Gasteiger partial charge is 0.449 e. The van der Waals surface area contributed by atoms with Gasteiger partial charge in [-0.2, -0.15) is 13.2 Å². The fourth-order valence-corrected chi connectivity index (χ4v) is 1.74. The fraction of sp³-hybridized carbons (Fsp3) is 0.667. The summed E-state index contributed by atoms with van der Waals surface area (Å²) in [6, 6.07) is 0. The van der Waals surface area contributed by atoms with Crippen LogP contribution in [0.2, 0.25) is 0 Å². The summed E-state index contributed by atoms with van der Waals surface area (Å²) >= 11 is 10.1. The van der Waals surface area contributed by atoms with Gasteiger partial charge in [0.15, 0.2) is 0 Å². The third-order valence-corrected chi connectivity index (χ3v) is 3.06. The van der Waals surface area contributed by atoms with E-state index in [-0.39, 0.29) is 0 Å². The Morgan fingerprint density at radius 1 is 1.38 bits per heavy atom. The van der Waals surface area contributed by atoms with Crippen molar-refractivity contribution < 1.29 is 22.7 Å². The SMILES string of the molecule is CC1(C)C(C=C(Cl)C(F)(F)F)C1OC(=O)Cl. The van der Waals surface area contributed by atoms with E-state index in [1.165, 1.54) is 0 Å². The maximum absolute atomic E-state index is 12.1. The molecule has 0 aromatic heterocycles. The molecule has 7 heteroatoms. The molecule has 0 spiro atoms. The van der Waals surface area contributed by atoms with Gasteiger partial charge in [0.05, 0.1) is 0 Å². The van der Waals surface area contributed by atoms with E-state index in [0.29, 0.717) is 0 Å². The first kappa shape index (κ1) is 13.6. The van der Waals surface area contributed by atoms with Crippen molar-refractivity contribution in [2.45, 2.75) is 26.1 Å². The highest BCUT2D eigenvalue weighted by molar-refractivity contribution is 6.61. The Balaban J connectivity index is 2.74. The Labute approximate surface area is 100 Å². The molecular formula is C9H9Cl2F3O2. The zero-order valence-electron chi connectivity index (χ0n) is 8.44. The van der Waals surface area contributed by atoms with E-state index in [9.17, 15) is 18.0 Å². The van der Waals surface area contributed by atoms with Crippen molar-refractivity contribution in [3.8, 4) is 0 Å². The summed E-state index contributed by atoms with van der Waals surface area (Å²) in [5.41, 5.74) is -1.60. The molecule has 1 fully saturated rings. The molecule has 0 amide bonds. The molecule has 0 aromatic carbocycles. The number of rotatable bonds is 2. The molecule has 1 rings (SSSR count). The van der Waals surface area contributed by atoms with Gasteiger partial charge in [0.2, 0.25) is 0 Å². The first-order valence-electron chi connectivity index (χ1n) is 4.37. The van der Waals surface area contributed by atoms with E-state index in [2.05, 4.69) is 4.74 Å². The van der Waals surface area contributed by atoms with Gasteiger partial charge in [-0.1, -0.05) is 31.5 Å². The van der Waals surface area contributed by atoms with Crippen molar-refractivity contribution in [2.75, 3.05) is 0 Å². The van der Waals surface area contributed by atoms with E-state index >= 15 is 0 Å². The summed E-state index contributed by atoms with van der Waals surface area (Å²) in [5.74, 6) is -0.565. The Morgan fingerprint density at radius 3 is 2.25 bits per heavy atom. The van der Waals surface area contributed by atoms with Crippen molar-refractivity contribution in [1.29, 1.82) is 0 Å². The molecule has 0 radical (unpaired) electrons. The van der Waals surface area contributed by atoms with Gasteiger partial charge in [0.1, 0.15) is 11.1 Å². The lowest BCUT2D eigenvalue weighted by Crippen LogP contribution is -2.08. The van der Waals surface area contributed by atoms with Crippen LogP contribution in [-0.2, 0) is 4.74 Å². The van der Waals surface area contributed by atoms with Gasteiger partial charge in [0.25, 0.3) is 0 Å². The maximum Gasteiger partial charge on any atom is 0.426 e. The van der Waals surface area contributed by atoms with Crippen molar-refractivity contribution in [3.05, 3.63) is 11.1 Å². The molecule has 2 atom stereocenters. The lowest BCUT2D eigenvalue weighted by molar-refractivity contribution is -0.0848. The normalized spacial score (nSPS) is 28.8. The monoisotopic (exact) mass is 276 g/mol. The molecule has 92 valence electrons. The summed E-state index contributed by atoms with van der Waals surface area (Å²) < 4.78 is 41.1. The van der Waals surface area contributed by atoms with Crippen molar-refractivity contribution in [3.63, 3.8) is 0 Å². The third-order valence-electron chi connectivity index (χ3n) is 2.63. The van der Waals surface area contributed by atoms with Crippen LogP contribution < -0.4 is 0 Å². The first-order valence-corrected chi connectivity index (χ1v) is 5.13. The number of halogens is 5. The number of alkyl halides is 3. The quantitative estimate of drug-likeness (QED) is 0.711. The number of carbonyl (C=O) groups excluding carboxylic acids is 1. The molecule has 0 N–H and O–H groups in total. The lowest BCUT2D eigenvalue weighted by Gasteiger charge is -2.03. The van der Waals surface area contributed by atoms with Gasteiger partial charge in [-0.05, 0) is 0 Å². The Morgan fingerprint density at radius 2 is 1.88 bits per heavy atom. The molecule has 2 nitrogen and oxygen atoms in total. The van der Waals surface area contributed by atoms with Gasteiger partial charge in [-0.15, -0.1) is 0 Å². The minimum Gasteiger partial charge on any atom is -0.449 e.